The Balaban J connectivity index is 1.64. The van der Waals surface area contributed by atoms with E-state index < -0.39 is 30.4 Å². The molecule has 10 nitrogen and oxygen atoms in total. The number of benzene rings is 2. The fourth-order valence-electron chi connectivity index (χ4n) is 4.50. The smallest absolute Gasteiger partial charge is 0.323 e. The molecular formula is C25H30N6O4. The third-order valence-electron chi connectivity index (χ3n) is 6.19. The van der Waals surface area contributed by atoms with Gasteiger partial charge in [-0.05, 0) is 43.1 Å². The van der Waals surface area contributed by atoms with Crippen LogP contribution in [-0.4, -0.2) is 57.1 Å². The van der Waals surface area contributed by atoms with E-state index in [4.69, 9.17) is 10.7 Å². The molecule has 0 aliphatic carbocycles. The first-order chi connectivity index (χ1) is 16.9. The predicted molar refractivity (Wildman–Crippen MR) is 132 cm³/mol. The highest BCUT2D eigenvalue weighted by molar-refractivity contribution is 6.02. The SMILES string of the molecule is CN1Cc2ccccc2N(C(=O)NCc2nc3ccccc3n2CCCCN)[C@@H](CC(=O)O)C1=O. The Labute approximate surface area is 203 Å². The normalized spacial score (nSPS) is 15.7. The number of amides is 3. The fraction of sp³-hybridized carbons (Fsp3) is 0.360. The Hall–Kier alpha value is -3.92. The highest BCUT2D eigenvalue weighted by Crippen LogP contribution is 2.29. The zero-order valence-corrected chi connectivity index (χ0v) is 19.7. The minimum Gasteiger partial charge on any atom is -0.481 e. The van der Waals surface area contributed by atoms with Crippen LogP contribution in [0.2, 0.25) is 0 Å². The summed E-state index contributed by atoms with van der Waals surface area (Å²) in [5.41, 5.74) is 8.73. The van der Waals surface area contributed by atoms with Crippen LogP contribution in [0.5, 0.6) is 0 Å². The summed E-state index contributed by atoms with van der Waals surface area (Å²) < 4.78 is 2.06. The number of fused-ring (bicyclic) bond motifs is 2. The molecule has 0 saturated heterocycles. The van der Waals surface area contributed by atoms with E-state index in [1.54, 1.807) is 19.2 Å². The molecule has 0 fully saturated rings. The first-order valence-electron chi connectivity index (χ1n) is 11.7. The van der Waals surface area contributed by atoms with Crippen LogP contribution in [0.4, 0.5) is 10.5 Å². The monoisotopic (exact) mass is 478 g/mol. The Kier molecular flexibility index (Phi) is 7.31. The summed E-state index contributed by atoms with van der Waals surface area (Å²) in [6.07, 6.45) is 1.25. The number of carboxylic acids is 1. The van der Waals surface area contributed by atoms with E-state index in [0.29, 0.717) is 24.6 Å². The molecule has 2 heterocycles. The number of para-hydroxylation sites is 3. The molecule has 0 radical (unpaired) electrons. The molecule has 1 atom stereocenters. The fourth-order valence-corrected chi connectivity index (χ4v) is 4.50. The second-order valence-electron chi connectivity index (χ2n) is 8.63. The van der Waals surface area contributed by atoms with Crippen LogP contribution in [0.1, 0.15) is 30.7 Å². The molecular weight excluding hydrogens is 448 g/mol. The summed E-state index contributed by atoms with van der Waals surface area (Å²) in [5.74, 6) is -0.902. The number of unbranched alkanes of at least 4 members (excludes halogenated alkanes) is 1. The van der Waals surface area contributed by atoms with Crippen molar-refractivity contribution in [2.45, 2.75) is 44.9 Å². The molecule has 0 spiro atoms. The van der Waals surface area contributed by atoms with Crippen LogP contribution in [0, 0.1) is 0 Å². The van der Waals surface area contributed by atoms with E-state index in [1.807, 2.05) is 36.4 Å². The van der Waals surface area contributed by atoms with Gasteiger partial charge in [0.25, 0.3) is 0 Å². The van der Waals surface area contributed by atoms with E-state index in [9.17, 15) is 19.5 Å². The van der Waals surface area contributed by atoms with Crippen molar-refractivity contribution in [3.05, 3.63) is 59.9 Å². The van der Waals surface area contributed by atoms with Crippen LogP contribution >= 0.6 is 0 Å². The number of carbonyl (C=O) groups excluding carboxylic acids is 2. The van der Waals surface area contributed by atoms with Crippen molar-refractivity contribution in [3.63, 3.8) is 0 Å². The first kappa shape index (κ1) is 24.2. The summed E-state index contributed by atoms with van der Waals surface area (Å²) in [7, 11) is 1.61. The standard InChI is InChI=1S/C25H30N6O4/c1-29-16-17-8-2-4-10-19(17)31(21(24(29)34)14-23(32)33)25(35)27-15-22-28-18-9-3-5-11-20(18)30(22)13-7-6-12-26/h2-5,8-11,21H,6-7,12-16,26H2,1H3,(H,27,35)(H,32,33)/t21-/m0/s1. The van der Waals surface area contributed by atoms with Crippen LogP contribution in [0.15, 0.2) is 48.5 Å². The second kappa shape index (κ2) is 10.6. The van der Waals surface area contributed by atoms with Gasteiger partial charge in [0.15, 0.2) is 0 Å². The minimum absolute atomic E-state index is 0.124. The number of hydrogen-bond donors (Lipinski definition) is 3. The Morgan fingerprint density at radius 1 is 1.14 bits per heavy atom. The van der Waals surface area contributed by atoms with Crippen LogP contribution in [0.25, 0.3) is 11.0 Å². The molecule has 4 N–H and O–H groups in total. The van der Waals surface area contributed by atoms with Crippen molar-refractivity contribution in [3.8, 4) is 0 Å². The van der Waals surface area contributed by atoms with Crippen molar-refractivity contribution in [1.82, 2.24) is 19.8 Å². The Bertz CT molecular complexity index is 1240. The van der Waals surface area contributed by atoms with Crippen molar-refractivity contribution < 1.29 is 19.5 Å². The van der Waals surface area contributed by atoms with Gasteiger partial charge in [-0.25, -0.2) is 9.78 Å². The molecule has 184 valence electrons. The number of carboxylic acid groups (broad SMARTS) is 1. The number of likely N-dealkylation sites (N-methyl/N-ethyl adjacent to an activating group) is 1. The number of imidazole rings is 1. The number of nitrogens with one attached hydrogen (secondary N) is 1. The highest BCUT2D eigenvalue weighted by atomic mass is 16.4. The lowest BCUT2D eigenvalue weighted by Gasteiger charge is -2.29. The molecule has 0 unspecified atom stereocenters. The lowest BCUT2D eigenvalue weighted by Crippen LogP contribution is -2.52. The van der Waals surface area contributed by atoms with E-state index >= 15 is 0 Å². The molecule has 35 heavy (non-hydrogen) atoms. The lowest BCUT2D eigenvalue weighted by atomic mass is 10.1. The zero-order chi connectivity index (χ0) is 24.9. The van der Waals surface area contributed by atoms with Gasteiger partial charge in [-0.2, -0.15) is 0 Å². The number of nitrogens with zero attached hydrogens (tertiary/aromatic N) is 4. The third-order valence-corrected chi connectivity index (χ3v) is 6.19. The molecule has 10 heteroatoms. The van der Waals surface area contributed by atoms with Gasteiger partial charge < -0.3 is 25.6 Å². The number of hydrogen-bond acceptors (Lipinski definition) is 5. The van der Waals surface area contributed by atoms with Gasteiger partial charge in [-0.3, -0.25) is 14.5 Å². The third kappa shape index (κ3) is 5.12. The molecule has 2 aromatic carbocycles. The summed E-state index contributed by atoms with van der Waals surface area (Å²) in [4.78, 5) is 45.6. The van der Waals surface area contributed by atoms with Gasteiger partial charge in [0.05, 0.1) is 29.7 Å². The summed E-state index contributed by atoms with van der Waals surface area (Å²) in [6.45, 7) is 1.71. The predicted octanol–water partition coefficient (Wildman–Crippen LogP) is 2.31. The van der Waals surface area contributed by atoms with Crippen molar-refractivity contribution in [2.24, 2.45) is 5.73 Å². The molecule has 0 saturated carbocycles. The van der Waals surface area contributed by atoms with Crippen LogP contribution < -0.4 is 16.0 Å². The van der Waals surface area contributed by atoms with E-state index in [2.05, 4.69) is 9.88 Å². The van der Waals surface area contributed by atoms with Gasteiger partial charge in [-0.1, -0.05) is 30.3 Å². The van der Waals surface area contributed by atoms with E-state index in [0.717, 1.165) is 29.4 Å². The number of nitrogens with two attached hydrogens (primary N) is 1. The van der Waals surface area contributed by atoms with Gasteiger partial charge >= 0.3 is 12.0 Å². The largest absolute Gasteiger partial charge is 0.481 e. The second-order valence-corrected chi connectivity index (χ2v) is 8.63. The van der Waals surface area contributed by atoms with Crippen LogP contribution in [0.3, 0.4) is 0 Å². The lowest BCUT2D eigenvalue weighted by molar-refractivity contribution is -0.141. The molecule has 0 bridgehead atoms. The maximum absolute atomic E-state index is 13.5. The molecule has 3 aromatic rings. The summed E-state index contributed by atoms with van der Waals surface area (Å²) in [6, 6.07) is 13.2. The summed E-state index contributed by atoms with van der Waals surface area (Å²) in [5, 5.41) is 12.4. The highest BCUT2D eigenvalue weighted by Gasteiger charge is 2.38. The van der Waals surface area contributed by atoms with Crippen LogP contribution in [-0.2, 0) is 29.2 Å². The van der Waals surface area contributed by atoms with Crippen molar-refractivity contribution >= 4 is 34.6 Å². The summed E-state index contributed by atoms with van der Waals surface area (Å²) >= 11 is 0. The minimum atomic E-state index is -1.16. The van der Waals surface area contributed by atoms with Gasteiger partial charge in [0.1, 0.15) is 11.9 Å². The number of aryl methyl sites for hydroxylation is 1. The number of rotatable bonds is 8. The molecule has 3 amide bonds. The number of aliphatic carboxylic acids is 1. The number of carbonyl (C=O) groups is 3. The molecule has 4 rings (SSSR count). The van der Waals surface area contributed by atoms with Gasteiger partial charge in [0, 0.05) is 20.1 Å². The van der Waals surface area contributed by atoms with Crippen molar-refractivity contribution in [1.29, 1.82) is 0 Å². The van der Waals surface area contributed by atoms with Crippen molar-refractivity contribution in [2.75, 3.05) is 18.5 Å². The average Bonchev–Trinajstić information content (AvgIpc) is 3.15. The Morgan fingerprint density at radius 2 is 1.89 bits per heavy atom. The number of aromatic nitrogens is 2. The van der Waals surface area contributed by atoms with E-state index in [1.165, 1.54) is 9.80 Å². The molecule has 1 aliphatic heterocycles. The maximum Gasteiger partial charge on any atom is 0.323 e. The number of urea groups is 1. The average molecular weight is 479 g/mol. The quantitative estimate of drug-likeness (QED) is 0.426. The molecule has 1 aliphatic rings. The zero-order valence-electron chi connectivity index (χ0n) is 19.7. The number of anilines is 1. The topological polar surface area (TPSA) is 134 Å². The van der Waals surface area contributed by atoms with Gasteiger partial charge in [0.2, 0.25) is 5.91 Å². The maximum atomic E-state index is 13.5. The first-order valence-corrected chi connectivity index (χ1v) is 11.7. The molecule has 1 aromatic heterocycles. The Morgan fingerprint density at radius 3 is 2.66 bits per heavy atom. The van der Waals surface area contributed by atoms with Gasteiger partial charge in [-0.15, -0.1) is 0 Å². The van der Waals surface area contributed by atoms with E-state index in [-0.39, 0.29) is 13.1 Å².